The van der Waals surface area contributed by atoms with E-state index in [0.717, 1.165) is 18.4 Å². The number of nitrogens with zero attached hydrogens (tertiary/aromatic N) is 2. The van der Waals surface area contributed by atoms with Crippen LogP contribution in [-0.2, 0) is 6.54 Å². The van der Waals surface area contributed by atoms with E-state index in [9.17, 15) is 4.79 Å². The minimum atomic E-state index is -0.232. The third kappa shape index (κ3) is 3.74. The molecule has 3 rings (SSSR count). The summed E-state index contributed by atoms with van der Waals surface area (Å²) in [6.45, 7) is 2.15. The van der Waals surface area contributed by atoms with Gasteiger partial charge in [0, 0.05) is 23.7 Å². The van der Waals surface area contributed by atoms with Crippen LogP contribution < -0.4 is 10.6 Å². The van der Waals surface area contributed by atoms with Gasteiger partial charge in [0.25, 0.3) is 5.91 Å². The van der Waals surface area contributed by atoms with Gasteiger partial charge >= 0.3 is 0 Å². The summed E-state index contributed by atoms with van der Waals surface area (Å²) in [4.78, 5) is 20.8. The zero-order valence-corrected chi connectivity index (χ0v) is 13.0. The molecule has 1 amide bonds. The molecule has 1 fully saturated rings. The lowest BCUT2D eigenvalue weighted by Crippen LogP contribution is -2.24. The first-order chi connectivity index (χ1) is 10.6. The molecule has 1 aromatic heterocycles. The van der Waals surface area contributed by atoms with Crippen molar-refractivity contribution >= 4 is 23.3 Å². The van der Waals surface area contributed by atoms with Gasteiger partial charge in [0.2, 0.25) is 0 Å². The van der Waals surface area contributed by atoms with Crippen molar-refractivity contribution in [3.05, 3.63) is 52.4 Å². The molecule has 22 heavy (non-hydrogen) atoms. The van der Waals surface area contributed by atoms with E-state index < -0.39 is 0 Å². The average molecular weight is 317 g/mol. The van der Waals surface area contributed by atoms with E-state index in [-0.39, 0.29) is 5.91 Å². The SMILES string of the molecule is Cc1nc(NC2CC2)cc(C(=O)NCc2ccccc2Cl)n1. The molecule has 5 nitrogen and oxygen atoms in total. The van der Waals surface area contributed by atoms with Gasteiger partial charge in [0.15, 0.2) is 0 Å². The molecule has 1 heterocycles. The highest BCUT2D eigenvalue weighted by atomic mass is 35.5. The molecule has 1 aliphatic carbocycles. The molecule has 0 saturated heterocycles. The quantitative estimate of drug-likeness (QED) is 0.890. The van der Waals surface area contributed by atoms with Gasteiger partial charge in [-0.25, -0.2) is 9.97 Å². The van der Waals surface area contributed by atoms with Crippen molar-refractivity contribution in [2.24, 2.45) is 0 Å². The average Bonchev–Trinajstić information content (AvgIpc) is 3.29. The Morgan fingerprint density at radius 3 is 2.82 bits per heavy atom. The van der Waals surface area contributed by atoms with E-state index in [2.05, 4.69) is 20.6 Å². The number of rotatable bonds is 5. The Balaban J connectivity index is 1.68. The van der Waals surface area contributed by atoms with Gasteiger partial charge in [-0.05, 0) is 31.4 Å². The number of anilines is 1. The zero-order valence-electron chi connectivity index (χ0n) is 12.3. The molecule has 2 N–H and O–H groups in total. The fourth-order valence-corrected chi connectivity index (χ4v) is 2.31. The third-order valence-electron chi connectivity index (χ3n) is 3.40. The van der Waals surface area contributed by atoms with Crippen LogP contribution in [-0.4, -0.2) is 21.9 Å². The number of carbonyl (C=O) groups is 1. The number of hydrogen-bond donors (Lipinski definition) is 2. The molecule has 1 saturated carbocycles. The van der Waals surface area contributed by atoms with E-state index in [1.54, 1.807) is 19.1 Å². The number of hydrogen-bond acceptors (Lipinski definition) is 4. The predicted molar refractivity (Wildman–Crippen MR) is 86.0 cm³/mol. The number of aromatic nitrogens is 2. The highest BCUT2D eigenvalue weighted by Crippen LogP contribution is 2.24. The van der Waals surface area contributed by atoms with Gasteiger partial charge < -0.3 is 10.6 Å². The topological polar surface area (TPSA) is 66.9 Å². The molecule has 1 aromatic carbocycles. The van der Waals surface area contributed by atoms with Crippen LogP contribution in [0.1, 0.15) is 34.7 Å². The standard InChI is InChI=1S/C16H17ClN4O/c1-10-19-14(8-15(20-10)21-12-6-7-12)16(22)18-9-11-4-2-3-5-13(11)17/h2-5,8,12H,6-7,9H2,1H3,(H,18,22)(H,19,20,21). The van der Waals surface area contributed by atoms with Gasteiger partial charge in [-0.15, -0.1) is 0 Å². The lowest BCUT2D eigenvalue weighted by Gasteiger charge is -2.09. The Kier molecular flexibility index (Phi) is 4.24. The van der Waals surface area contributed by atoms with E-state index >= 15 is 0 Å². The van der Waals surface area contributed by atoms with Gasteiger partial charge in [-0.1, -0.05) is 29.8 Å². The molecule has 0 aliphatic heterocycles. The van der Waals surface area contributed by atoms with Crippen LogP contribution in [0.4, 0.5) is 5.82 Å². The lowest BCUT2D eigenvalue weighted by atomic mass is 10.2. The van der Waals surface area contributed by atoms with Crippen LogP contribution in [0, 0.1) is 6.92 Å². The Bertz CT molecular complexity index is 700. The number of aryl methyl sites for hydroxylation is 1. The van der Waals surface area contributed by atoms with Gasteiger partial charge in [0.1, 0.15) is 17.3 Å². The summed E-state index contributed by atoms with van der Waals surface area (Å²) in [5, 5.41) is 6.76. The van der Waals surface area contributed by atoms with E-state index in [4.69, 9.17) is 11.6 Å². The monoisotopic (exact) mass is 316 g/mol. The number of carbonyl (C=O) groups excluding carboxylic acids is 1. The summed E-state index contributed by atoms with van der Waals surface area (Å²) in [6.07, 6.45) is 2.30. The third-order valence-corrected chi connectivity index (χ3v) is 3.77. The van der Waals surface area contributed by atoms with Crippen molar-refractivity contribution in [2.45, 2.75) is 32.4 Å². The minimum Gasteiger partial charge on any atom is -0.367 e. The number of nitrogens with one attached hydrogen (secondary N) is 2. The molecule has 0 atom stereocenters. The number of benzene rings is 1. The van der Waals surface area contributed by atoms with Crippen LogP contribution in [0.2, 0.25) is 5.02 Å². The molecule has 6 heteroatoms. The Morgan fingerprint density at radius 1 is 1.32 bits per heavy atom. The van der Waals surface area contributed by atoms with Crippen molar-refractivity contribution in [1.29, 1.82) is 0 Å². The Labute approximate surface area is 134 Å². The number of amides is 1. The fourth-order valence-electron chi connectivity index (χ4n) is 2.10. The molecule has 0 spiro atoms. The van der Waals surface area contributed by atoms with Crippen LogP contribution in [0.15, 0.2) is 30.3 Å². The highest BCUT2D eigenvalue weighted by molar-refractivity contribution is 6.31. The summed E-state index contributed by atoms with van der Waals surface area (Å²) < 4.78 is 0. The summed E-state index contributed by atoms with van der Waals surface area (Å²) in [5.74, 6) is 1.05. The van der Waals surface area contributed by atoms with Gasteiger partial charge in [0.05, 0.1) is 0 Å². The van der Waals surface area contributed by atoms with Crippen LogP contribution in [0.25, 0.3) is 0 Å². The minimum absolute atomic E-state index is 0.232. The Hall–Kier alpha value is -2.14. The second-order valence-electron chi connectivity index (χ2n) is 5.38. The first-order valence-electron chi connectivity index (χ1n) is 7.25. The molecule has 0 unspecified atom stereocenters. The van der Waals surface area contributed by atoms with Crippen molar-refractivity contribution in [2.75, 3.05) is 5.32 Å². The largest absolute Gasteiger partial charge is 0.367 e. The molecule has 0 bridgehead atoms. The molecule has 114 valence electrons. The summed E-state index contributed by atoms with van der Waals surface area (Å²) in [7, 11) is 0. The van der Waals surface area contributed by atoms with Crippen molar-refractivity contribution in [3.63, 3.8) is 0 Å². The summed E-state index contributed by atoms with van der Waals surface area (Å²) in [5.41, 5.74) is 1.24. The van der Waals surface area contributed by atoms with Crippen LogP contribution in [0.3, 0.4) is 0 Å². The fraction of sp³-hybridized carbons (Fsp3) is 0.312. The smallest absolute Gasteiger partial charge is 0.270 e. The molecule has 0 radical (unpaired) electrons. The molecule has 1 aliphatic rings. The summed E-state index contributed by atoms with van der Waals surface area (Å²) in [6, 6.07) is 9.60. The van der Waals surface area contributed by atoms with Gasteiger partial charge in [-0.2, -0.15) is 0 Å². The molecular formula is C16H17ClN4O. The van der Waals surface area contributed by atoms with Crippen LogP contribution in [0.5, 0.6) is 0 Å². The normalized spacial score (nSPS) is 13.7. The van der Waals surface area contributed by atoms with E-state index in [1.165, 1.54) is 0 Å². The predicted octanol–water partition coefficient (Wildman–Crippen LogP) is 2.94. The first-order valence-corrected chi connectivity index (χ1v) is 7.63. The maximum absolute atomic E-state index is 12.3. The lowest BCUT2D eigenvalue weighted by molar-refractivity contribution is 0.0945. The highest BCUT2D eigenvalue weighted by Gasteiger charge is 2.22. The van der Waals surface area contributed by atoms with E-state index in [0.29, 0.717) is 34.9 Å². The second-order valence-corrected chi connectivity index (χ2v) is 5.79. The van der Waals surface area contributed by atoms with Crippen LogP contribution >= 0.6 is 11.6 Å². The maximum Gasteiger partial charge on any atom is 0.270 e. The first kappa shape index (κ1) is 14.8. The molecule has 2 aromatic rings. The van der Waals surface area contributed by atoms with Crippen molar-refractivity contribution < 1.29 is 4.79 Å². The van der Waals surface area contributed by atoms with E-state index in [1.807, 2.05) is 18.2 Å². The van der Waals surface area contributed by atoms with Gasteiger partial charge in [-0.3, -0.25) is 4.79 Å². The van der Waals surface area contributed by atoms with Crippen molar-refractivity contribution in [3.8, 4) is 0 Å². The number of halogens is 1. The van der Waals surface area contributed by atoms with Crippen molar-refractivity contribution in [1.82, 2.24) is 15.3 Å². The molecular weight excluding hydrogens is 300 g/mol. The second kappa shape index (κ2) is 6.32. The summed E-state index contributed by atoms with van der Waals surface area (Å²) >= 11 is 6.08. The maximum atomic E-state index is 12.3. The zero-order chi connectivity index (χ0) is 15.5. The Morgan fingerprint density at radius 2 is 2.09 bits per heavy atom.